The molecule has 1 aliphatic rings. The number of carboxylic acids is 1. The van der Waals surface area contributed by atoms with Crippen LogP contribution in [0.15, 0.2) is 48.5 Å². The van der Waals surface area contributed by atoms with E-state index in [-0.39, 0.29) is 37.3 Å². The van der Waals surface area contributed by atoms with Crippen molar-refractivity contribution < 1.29 is 29.3 Å². The van der Waals surface area contributed by atoms with E-state index < -0.39 is 17.7 Å². The van der Waals surface area contributed by atoms with Crippen molar-refractivity contribution in [2.24, 2.45) is 5.92 Å². The highest BCUT2D eigenvalue weighted by Crippen LogP contribution is 2.44. The fourth-order valence-corrected chi connectivity index (χ4v) is 4.35. The zero-order valence-corrected chi connectivity index (χ0v) is 20.3. The average molecular weight is 483 g/mol. The van der Waals surface area contributed by atoms with E-state index in [2.05, 4.69) is 34.9 Å². The molecule has 2 atom stereocenters. The van der Waals surface area contributed by atoms with Crippen LogP contribution in [0.3, 0.4) is 0 Å². The van der Waals surface area contributed by atoms with Crippen molar-refractivity contribution in [2.45, 2.75) is 51.0 Å². The van der Waals surface area contributed by atoms with E-state index >= 15 is 0 Å². The number of carbonyl (C=O) groups is 3. The molecule has 0 saturated heterocycles. The third-order valence-corrected chi connectivity index (χ3v) is 6.61. The normalized spacial score (nSPS) is 14.8. The maximum absolute atomic E-state index is 12.3. The summed E-state index contributed by atoms with van der Waals surface area (Å²) in [6.07, 6.45) is 1.89. The first kappa shape index (κ1) is 26.2. The van der Waals surface area contributed by atoms with Gasteiger partial charge in [0.25, 0.3) is 0 Å². The number of hydrogen-bond donors (Lipinski definition) is 4. The number of hydrogen-bond acceptors (Lipinski definition) is 5. The van der Waals surface area contributed by atoms with Crippen LogP contribution < -0.4 is 10.6 Å². The van der Waals surface area contributed by atoms with Crippen molar-refractivity contribution in [3.8, 4) is 11.1 Å². The number of rotatable bonds is 12. The van der Waals surface area contributed by atoms with Crippen LogP contribution in [-0.2, 0) is 14.3 Å². The summed E-state index contributed by atoms with van der Waals surface area (Å²) in [6, 6.07) is 16.4. The highest BCUT2D eigenvalue weighted by atomic mass is 16.5. The third kappa shape index (κ3) is 6.82. The Morgan fingerprint density at radius 2 is 1.60 bits per heavy atom. The molecule has 4 N–H and O–H groups in total. The Hall–Kier alpha value is -3.39. The van der Waals surface area contributed by atoms with Gasteiger partial charge in [-0.2, -0.15) is 0 Å². The van der Waals surface area contributed by atoms with Gasteiger partial charge in [-0.1, -0.05) is 61.9 Å². The largest absolute Gasteiger partial charge is 0.479 e. The Bertz CT molecular complexity index is 1010. The molecule has 2 aromatic carbocycles. The van der Waals surface area contributed by atoms with Gasteiger partial charge in [0.2, 0.25) is 5.91 Å². The number of carbonyl (C=O) groups excluding carboxylic acids is 2. The third-order valence-electron chi connectivity index (χ3n) is 6.61. The van der Waals surface area contributed by atoms with Gasteiger partial charge in [-0.15, -0.1) is 0 Å². The van der Waals surface area contributed by atoms with E-state index in [4.69, 9.17) is 9.84 Å². The molecule has 3 rings (SSSR count). The summed E-state index contributed by atoms with van der Waals surface area (Å²) in [5.41, 5.74) is 2.69. The number of nitrogens with one attached hydrogen (secondary N) is 2. The highest BCUT2D eigenvalue weighted by Gasteiger charge is 2.30. The van der Waals surface area contributed by atoms with Crippen LogP contribution in [0.4, 0.5) is 4.79 Å². The van der Waals surface area contributed by atoms with Gasteiger partial charge in [-0.05, 0) is 47.9 Å². The lowest BCUT2D eigenvalue weighted by molar-refractivity contribution is -0.156. The van der Waals surface area contributed by atoms with Crippen LogP contribution in [0.1, 0.15) is 56.6 Å². The van der Waals surface area contributed by atoms with E-state index in [1.807, 2.05) is 31.2 Å². The zero-order chi connectivity index (χ0) is 25.4. The maximum atomic E-state index is 12.3. The Morgan fingerprint density at radius 3 is 2.17 bits per heavy atom. The second-order valence-corrected chi connectivity index (χ2v) is 9.21. The van der Waals surface area contributed by atoms with Crippen LogP contribution in [0.2, 0.25) is 0 Å². The standard InChI is InChI=1S/C27H34N2O6/c1-3-18(12-13-24(30)29-17-27(2,34)25(31)32)14-15-28-26(33)35-16-23-21-10-6-4-8-19(21)20-9-5-7-11-22(20)23/h4-11,18,23,34H,3,12-17H2,1-2H3,(H,28,33)(H,29,30)(H,31,32). The number of amides is 2. The van der Waals surface area contributed by atoms with Crippen LogP contribution in [0, 0.1) is 5.92 Å². The first-order valence-electron chi connectivity index (χ1n) is 12.0. The number of alkyl carbamates (subject to hydrolysis) is 1. The molecular weight excluding hydrogens is 448 g/mol. The molecular formula is C27H34N2O6. The van der Waals surface area contributed by atoms with Crippen LogP contribution in [0.5, 0.6) is 0 Å². The fourth-order valence-electron chi connectivity index (χ4n) is 4.35. The molecule has 2 amide bonds. The molecule has 8 heteroatoms. The highest BCUT2D eigenvalue weighted by molar-refractivity contribution is 5.80. The van der Waals surface area contributed by atoms with Crippen molar-refractivity contribution in [1.82, 2.24) is 10.6 Å². The monoisotopic (exact) mass is 482 g/mol. The molecule has 2 aromatic rings. The molecule has 188 valence electrons. The van der Waals surface area contributed by atoms with Crippen molar-refractivity contribution >= 4 is 18.0 Å². The SMILES string of the molecule is CCC(CCNC(=O)OCC1c2ccccc2-c2ccccc21)CCC(=O)NCC(C)(O)C(=O)O. The van der Waals surface area contributed by atoms with E-state index in [0.717, 1.165) is 24.5 Å². The Morgan fingerprint density at radius 1 is 1.00 bits per heavy atom. The summed E-state index contributed by atoms with van der Waals surface area (Å²) >= 11 is 0. The fraction of sp³-hybridized carbons (Fsp3) is 0.444. The van der Waals surface area contributed by atoms with Crippen LogP contribution in [-0.4, -0.2) is 53.5 Å². The van der Waals surface area contributed by atoms with E-state index in [1.165, 1.54) is 11.1 Å². The zero-order valence-electron chi connectivity index (χ0n) is 20.3. The minimum atomic E-state index is -1.99. The molecule has 2 unspecified atom stereocenters. The smallest absolute Gasteiger partial charge is 0.407 e. The van der Waals surface area contributed by atoms with E-state index in [9.17, 15) is 19.5 Å². The molecule has 0 aliphatic heterocycles. The summed E-state index contributed by atoms with van der Waals surface area (Å²) in [4.78, 5) is 35.2. The molecule has 0 spiro atoms. The molecule has 35 heavy (non-hydrogen) atoms. The summed E-state index contributed by atoms with van der Waals surface area (Å²) in [5.74, 6) is -1.47. The molecule has 1 aliphatic carbocycles. The van der Waals surface area contributed by atoms with Crippen LogP contribution in [0.25, 0.3) is 11.1 Å². The quantitative estimate of drug-likeness (QED) is 0.366. The van der Waals surface area contributed by atoms with E-state index in [0.29, 0.717) is 19.4 Å². The molecule has 0 aromatic heterocycles. The lowest BCUT2D eigenvalue weighted by Crippen LogP contribution is -2.46. The molecule has 0 heterocycles. The summed E-state index contributed by atoms with van der Waals surface area (Å²) in [7, 11) is 0. The Balaban J connectivity index is 1.39. The van der Waals surface area contributed by atoms with Gasteiger partial charge in [0.1, 0.15) is 6.61 Å². The predicted molar refractivity (Wildman–Crippen MR) is 132 cm³/mol. The Labute approximate surface area is 205 Å². The summed E-state index contributed by atoms with van der Waals surface area (Å²) in [6.45, 7) is 3.51. The molecule has 0 saturated carbocycles. The number of benzene rings is 2. The number of ether oxygens (including phenoxy) is 1. The van der Waals surface area contributed by atoms with Crippen molar-refractivity contribution in [1.29, 1.82) is 0 Å². The topological polar surface area (TPSA) is 125 Å². The predicted octanol–water partition coefficient (Wildman–Crippen LogP) is 3.67. The van der Waals surface area contributed by atoms with Gasteiger partial charge in [-0.3, -0.25) is 4.79 Å². The van der Waals surface area contributed by atoms with Gasteiger partial charge < -0.3 is 25.6 Å². The molecule has 0 bridgehead atoms. The summed E-state index contributed by atoms with van der Waals surface area (Å²) < 4.78 is 5.55. The minimum absolute atomic E-state index is 0.0111. The minimum Gasteiger partial charge on any atom is -0.479 e. The van der Waals surface area contributed by atoms with Crippen molar-refractivity contribution in [3.63, 3.8) is 0 Å². The Kier molecular flexibility index (Phi) is 8.87. The average Bonchev–Trinajstić information content (AvgIpc) is 3.17. The first-order valence-corrected chi connectivity index (χ1v) is 12.0. The van der Waals surface area contributed by atoms with Crippen LogP contribution >= 0.6 is 0 Å². The number of aliphatic carboxylic acids is 1. The van der Waals surface area contributed by atoms with Gasteiger partial charge in [0.05, 0.1) is 6.54 Å². The number of fused-ring (bicyclic) bond motifs is 3. The van der Waals surface area contributed by atoms with E-state index in [1.54, 1.807) is 0 Å². The second kappa shape index (κ2) is 11.8. The lowest BCUT2D eigenvalue weighted by Gasteiger charge is -2.19. The summed E-state index contributed by atoms with van der Waals surface area (Å²) in [5, 5.41) is 23.8. The van der Waals surface area contributed by atoms with Crippen molar-refractivity contribution in [3.05, 3.63) is 59.7 Å². The molecule has 0 radical (unpaired) electrons. The van der Waals surface area contributed by atoms with Gasteiger partial charge >= 0.3 is 12.1 Å². The number of aliphatic hydroxyl groups is 1. The maximum Gasteiger partial charge on any atom is 0.407 e. The van der Waals surface area contributed by atoms with Gasteiger partial charge in [0.15, 0.2) is 5.60 Å². The second-order valence-electron chi connectivity index (χ2n) is 9.21. The van der Waals surface area contributed by atoms with Gasteiger partial charge in [-0.25, -0.2) is 9.59 Å². The van der Waals surface area contributed by atoms with Gasteiger partial charge in [0, 0.05) is 18.9 Å². The lowest BCUT2D eigenvalue weighted by atomic mass is 9.96. The van der Waals surface area contributed by atoms with Crippen molar-refractivity contribution in [2.75, 3.05) is 19.7 Å². The molecule has 8 nitrogen and oxygen atoms in total. The first-order chi connectivity index (χ1) is 16.7. The number of carboxylic acid groups (broad SMARTS) is 1. The molecule has 0 fully saturated rings.